The second-order valence-corrected chi connectivity index (χ2v) is 5.48. The number of hydrogen-bond acceptors (Lipinski definition) is 4. The van der Waals surface area contributed by atoms with Crippen LogP contribution in [0, 0.1) is 0 Å². The quantitative estimate of drug-likeness (QED) is 0.822. The summed E-state index contributed by atoms with van der Waals surface area (Å²) in [5, 5.41) is 9.37. The van der Waals surface area contributed by atoms with Crippen LogP contribution >= 0.6 is 0 Å². The standard InChI is InChI=1S/C19H22O5/c1-5-23-14-7-8-15(18(11-14)24-12(2)3)13-6-9-17(22-4)16(10-13)19(20)21/h6-12H,5H2,1-4H3,(H,20,21). The zero-order valence-corrected chi connectivity index (χ0v) is 14.3. The molecule has 0 heterocycles. The van der Waals surface area contributed by atoms with E-state index in [2.05, 4.69) is 0 Å². The minimum Gasteiger partial charge on any atom is -0.496 e. The van der Waals surface area contributed by atoms with Gasteiger partial charge in [0.15, 0.2) is 0 Å². The fourth-order valence-corrected chi connectivity index (χ4v) is 2.39. The Kier molecular flexibility index (Phi) is 5.68. The van der Waals surface area contributed by atoms with Crippen LogP contribution in [0.2, 0.25) is 0 Å². The van der Waals surface area contributed by atoms with Gasteiger partial charge in [0.05, 0.1) is 19.8 Å². The Bertz CT molecular complexity index is 722. The molecule has 5 heteroatoms. The Hall–Kier alpha value is -2.69. The average molecular weight is 330 g/mol. The number of carboxylic acid groups (broad SMARTS) is 1. The van der Waals surface area contributed by atoms with Crippen LogP contribution < -0.4 is 14.2 Å². The molecule has 0 radical (unpaired) electrons. The van der Waals surface area contributed by atoms with E-state index in [0.29, 0.717) is 23.9 Å². The number of ether oxygens (including phenoxy) is 3. The number of hydrogen-bond donors (Lipinski definition) is 1. The maximum Gasteiger partial charge on any atom is 0.339 e. The molecule has 0 spiro atoms. The molecule has 0 aliphatic carbocycles. The average Bonchev–Trinajstić information content (AvgIpc) is 2.54. The van der Waals surface area contributed by atoms with Gasteiger partial charge in [-0.15, -0.1) is 0 Å². The molecule has 2 rings (SSSR count). The highest BCUT2D eigenvalue weighted by Crippen LogP contribution is 2.36. The van der Waals surface area contributed by atoms with E-state index in [1.165, 1.54) is 7.11 Å². The van der Waals surface area contributed by atoms with E-state index >= 15 is 0 Å². The van der Waals surface area contributed by atoms with Crippen LogP contribution in [-0.4, -0.2) is 30.9 Å². The molecule has 24 heavy (non-hydrogen) atoms. The van der Waals surface area contributed by atoms with E-state index in [-0.39, 0.29) is 11.7 Å². The Morgan fingerprint density at radius 2 is 1.88 bits per heavy atom. The van der Waals surface area contributed by atoms with Gasteiger partial charge >= 0.3 is 5.97 Å². The summed E-state index contributed by atoms with van der Waals surface area (Å²) in [4.78, 5) is 11.4. The van der Waals surface area contributed by atoms with Crippen LogP contribution in [0.4, 0.5) is 0 Å². The summed E-state index contributed by atoms with van der Waals surface area (Å²) in [5.74, 6) is 0.649. The topological polar surface area (TPSA) is 65.0 Å². The molecule has 0 atom stereocenters. The van der Waals surface area contributed by atoms with Crippen molar-refractivity contribution in [1.82, 2.24) is 0 Å². The van der Waals surface area contributed by atoms with Gasteiger partial charge in [-0.1, -0.05) is 6.07 Å². The molecule has 0 aliphatic rings. The number of benzene rings is 2. The zero-order chi connectivity index (χ0) is 17.7. The molecule has 0 saturated heterocycles. The Morgan fingerprint density at radius 3 is 2.46 bits per heavy atom. The molecule has 0 aliphatic heterocycles. The number of rotatable bonds is 7. The summed E-state index contributed by atoms with van der Waals surface area (Å²) in [7, 11) is 1.45. The van der Waals surface area contributed by atoms with Crippen LogP contribution in [0.1, 0.15) is 31.1 Å². The molecule has 0 unspecified atom stereocenters. The highest BCUT2D eigenvalue weighted by atomic mass is 16.5. The van der Waals surface area contributed by atoms with E-state index in [0.717, 1.165) is 11.1 Å². The number of carbonyl (C=O) groups is 1. The Balaban J connectivity index is 2.54. The SMILES string of the molecule is CCOc1ccc(-c2ccc(OC)c(C(=O)O)c2)c(OC(C)C)c1. The summed E-state index contributed by atoms with van der Waals surface area (Å²) in [6, 6.07) is 10.6. The molecule has 0 bridgehead atoms. The molecule has 0 aromatic heterocycles. The van der Waals surface area contributed by atoms with Gasteiger partial charge in [-0.2, -0.15) is 0 Å². The summed E-state index contributed by atoms with van der Waals surface area (Å²) in [5.41, 5.74) is 1.66. The molecular formula is C19H22O5. The lowest BCUT2D eigenvalue weighted by Crippen LogP contribution is -2.07. The van der Waals surface area contributed by atoms with Crippen molar-refractivity contribution in [3.05, 3.63) is 42.0 Å². The first-order chi connectivity index (χ1) is 11.5. The third kappa shape index (κ3) is 3.98. The number of aromatic carboxylic acids is 1. The van der Waals surface area contributed by atoms with E-state index in [1.807, 2.05) is 45.0 Å². The summed E-state index contributed by atoms with van der Waals surface area (Å²) in [6.45, 7) is 6.35. The maximum atomic E-state index is 11.4. The molecule has 128 valence electrons. The highest BCUT2D eigenvalue weighted by molar-refractivity contribution is 5.93. The fraction of sp³-hybridized carbons (Fsp3) is 0.316. The predicted molar refractivity (Wildman–Crippen MR) is 92.3 cm³/mol. The minimum absolute atomic E-state index is 0.0159. The third-order valence-corrected chi connectivity index (χ3v) is 3.37. The third-order valence-electron chi connectivity index (χ3n) is 3.37. The van der Waals surface area contributed by atoms with E-state index in [4.69, 9.17) is 14.2 Å². The first-order valence-corrected chi connectivity index (χ1v) is 7.81. The minimum atomic E-state index is -1.04. The van der Waals surface area contributed by atoms with Gasteiger partial charge in [0.25, 0.3) is 0 Å². The number of carboxylic acids is 1. The molecule has 0 fully saturated rings. The lowest BCUT2D eigenvalue weighted by atomic mass is 10.0. The predicted octanol–water partition coefficient (Wildman–Crippen LogP) is 4.25. The van der Waals surface area contributed by atoms with Crippen molar-refractivity contribution in [3.8, 4) is 28.4 Å². The highest BCUT2D eigenvalue weighted by Gasteiger charge is 2.15. The first kappa shape index (κ1) is 17.7. The van der Waals surface area contributed by atoms with Gasteiger partial charge in [-0.3, -0.25) is 0 Å². The number of methoxy groups -OCH3 is 1. The lowest BCUT2D eigenvalue weighted by molar-refractivity contribution is 0.0693. The smallest absolute Gasteiger partial charge is 0.339 e. The lowest BCUT2D eigenvalue weighted by Gasteiger charge is -2.17. The van der Waals surface area contributed by atoms with E-state index in [9.17, 15) is 9.90 Å². The monoisotopic (exact) mass is 330 g/mol. The van der Waals surface area contributed by atoms with Crippen molar-refractivity contribution in [3.63, 3.8) is 0 Å². The van der Waals surface area contributed by atoms with Crippen LogP contribution in [0.3, 0.4) is 0 Å². The van der Waals surface area contributed by atoms with Crippen LogP contribution in [0.25, 0.3) is 11.1 Å². The molecular weight excluding hydrogens is 308 g/mol. The van der Waals surface area contributed by atoms with Crippen molar-refractivity contribution in [1.29, 1.82) is 0 Å². The normalized spacial score (nSPS) is 10.5. The Labute approximate surface area is 141 Å². The zero-order valence-electron chi connectivity index (χ0n) is 14.3. The molecule has 0 amide bonds. The summed E-state index contributed by atoms with van der Waals surface area (Å²) < 4.78 is 16.5. The van der Waals surface area contributed by atoms with Crippen molar-refractivity contribution < 1.29 is 24.1 Å². The van der Waals surface area contributed by atoms with Gasteiger partial charge in [-0.05, 0) is 50.6 Å². The van der Waals surface area contributed by atoms with Crippen LogP contribution in [0.5, 0.6) is 17.2 Å². The van der Waals surface area contributed by atoms with E-state index in [1.54, 1.807) is 12.1 Å². The molecule has 1 N–H and O–H groups in total. The summed E-state index contributed by atoms with van der Waals surface area (Å²) >= 11 is 0. The van der Waals surface area contributed by atoms with Crippen molar-refractivity contribution in [2.75, 3.05) is 13.7 Å². The van der Waals surface area contributed by atoms with Crippen LogP contribution in [0.15, 0.2) is 36.4 Å². The van der Waals surface area contributed by atoms with Gasteiger partial charge < -0.3 is 19.3 Å². The fourth-order valence-electron chi connectivity index (χ4n) is 2.39. The molecule has 2 aromatic rings. The van der Waals surface area contributed by atoms with E-state index < -0.39 is 5.97 Å². The largest absolute Gasteiger partial charge is 0.496 e. The second kappa shape index (κ2) is 7.73. The molecule has 0 saturated carbocycles. The molecule has 2 aromatic carbocycles. The second-order valence-electron chi connectivity index (χ2n) is 5.48. The first-order valence-electron chi connectivity index (χ1n) is 7.81. The van der Waals surface area contributed by atoms with Crippen molar-refractivity contribution >= 4 is 5.97 Å². The molecule has 5 nitrogen and oxygen atoms in total. The van der Waals surface area contributed by atoms with Crippen molar-refractivity contribution in [2.24, 2.45) is 0 Å². The van der Waals surface area contributed by atoms with Gasteiger partial charge in [-0.25, -0.2) is 4.79 Å². The van der Waals surface area contributed by atoms with Gasteiger partial charge in [0.2, 0.25) is 0 Å². The van der Waals surface area contributed by atoms with Crippen LogP contribution in [-0.2, 0) is 0 Å². The van der Waals surface area contributed by atoms with Crippen molar-refractivity contribution in [2.45, 2.75) is 26.9 Å². The Morgan fingerprint density at radius 1 is 1.12 bits per heavy atom. The maximum absolute atomic E-state index is 11.4. The van der Waals surface area contributed by atoms with Gasteiger partial charge in [0, 0.05) is 11.6 Å². The summed E-state index contributed by atoms with van der Waals surface area (Å²) in [6.07, 6.45) is -0.0159. The van der Waals surface area contributed by atoms with Gasteiger partial charge in [0.1, 0.15) is 22.8 Å².